The largest absolute Gasteiger partial charge is 0.311 e. The maximum Gasteiger partial charge on any atom is 0.131 e. The van der Waals surface area contributed by atoms with Crippen LogP contribution in [0.4, 0.5) is 0 Å². The van der Waals surface area contributed by atoms with E-state index < -0.39 is 0 Å². The fourth-order valence-corrected chi connectivity index (χ4v) is 1.98. The van der Waals surface area contributed by atoms with Crippen LogP contribution in [0.15, 0.2) is 18.6 Å². The normalized spacial score (nSPS) is 11.2. The van der Waals surface area contributed by atoms with Crippen LogP contribution in [0.25, 0.3) is 5.69 Å². The number of hydrogen-bond donors (Lipinski definition) is 1. The molecule has 20 heavy (non-hydrogen) atoms. The molecular weight excluding hydrogens is 274 g/mol. The smallest absolute Gasteiger partial charge is 0.131 e. The van der Waals surface area contributed by atoms with E-state index in [0.717, 1.165) is 30.2 Å². The van der Waals surface area contributed by atoms with Crippen molar-refractivity contribution in [3.05, 3.63) is 35.1 Å². The van der Waals surface area contributed by atoms with E-state index in [4.69, 9.17) is 11.6 Å². The van der Waals surface area contributed by atoms with E-state index in [-0.39, 0.29) is 0 Å². The molecule has 2 aromatic heterocycles. The van der Waals surface area contributed by atoms with Crippen molar-refractivity contribution in [1.82, 2.24) is 25.1 Å². The predicted molar refractivity (Wildman–Crippen MR) is 80.3 cm³/mol. The topological polar surface area (TPSA) is 55.6 Å². The lowest BCUT2D eigenvalue weighted by Gasteiger charge is -2.12. The van der Waals surface area contributed by atoms with Crippen LogP contribution in [0, 0.1) is 0 Å². The fourth-order valence-electron chi connectivity index (χ4n) is 1.84. The summed E-state index contributed by atoms with van der Waals surface area (Å²) in [5.41, 5.74) is 1.81. The molecule has 0 aromatic carbocycles. The van der Waals surface area contributed by atoms with Crippen LogP contribution in [-0.4, -0.2) is 26.3 Å². The molecule has 0 saturated carbocycles. The monoisotopic (exact) mass is 293 g/mol. The van der Waals surface area contributed by atoms with Gasteiger partial charge in [0.05, 0.1) is 23.1 Å². The average Bonchev–Trinajstić information content (AvgIpc) is 2.85. The molecule has 0 aliphatic heterocycles. The maximum atomic E-state index is 5.93. The number of aromatic nitrogens is 4. The zero-order chi connectivity index (χ0) is 14.5. The van der Waals surface area contributed by atoms with Crippen LogP contribution in [0.2, 0.25) is 5.02 Å². The molecule has 108 valence electrons. The Kier molecular flexibility index (Phi) is 5.09. The molecule has 0 amide bonds. The first-order valence-corrected chi connectivity index (χ1v) is 7.26. The van der Waals surface area contributed by atoms with E-state index >= 15 is 0 Å². The van der Waals surface area contributed by atoms with E-state index in [2.05, 4.69) is 41.2 Å². The molecule has 0 aliphatic rings. The van der Waals surface area contributed by atoms with Gasteiger partial charge in [-0.05, 0) is 13.0 Å². The fraction of sp³-hybridized carbons (Fsp3) is 0.500. The summed E-state index contributed by atoms with van der Waals surface area (Å²) < 4.78 is 1.72. The van der Waals surface area contributed by atoms with Crippen molar-refractivity contribution >= 4 is 11.6 Å². The Hall–Kier alpha value is -1.46. The van der Waals surface area contributed by atoms with Crippen LogP contribution in [0.3, 0.4) is 0 Å². The molecule has 2 heterocycles. The van der Waals surface area contributed by atoms with Gasteiger partial charge in [0.2, 0.25) is 0 Å². The van der Waals surface area contributed by atoms with Crippen molar-refractivity contribution in [1.29, 1.82) is 0 Å². The van der Waals surface area contributed by atoms with Crippen LogP contribution < -0.4 is 5.32 Å². The minimum absolute atomic E-state index is 0.301. The van der Waals surface area contributed by atoms with E-state index in [1.807, 2.05) is 6.20 Å². The number of nitrogens with one attached hydrogen (secondary N) is 1. The summed E-state index contributed by atoms with van der Waals surface area (Å²) in [6.45, 7) is 7.97. The predicted octanol–water partition coefficient (Wildman–Crippen LogP) is 2.94. The number of halogens is 1. The molecule has 5 nitrogen and oxygen atoms in total. The van der Waals surface area contributed by atoms with Gasteiger partial charge in [0, 0.05) is 18.7 Å². The van der Waals surface area contributed by atoms with Gasteiger partial charge in [-0.15, -0.1) is 0 Å². The third-order valence-electron chi connectivity index (χ3n) is 2.90. The van der Waals surface area contributed by atoms with Gasteiger partial charge in [0.1, 0.15) is 11.5 Å². The Morgan fingerprint density at radius 2 is 2.15 bits per heavy atom. The minimum Gasteiger partial charge on any atom is -0.311 e. The van der Waals surface area contributed by atoms with E-state index in [1.165, 1.54) is 0 Å². The highest BCUT2D eigenvalue weighted by molar-refractivity contribution is 6.30. The molecule has 1 N–H and O–H groups in total. The summed E-state index contributed by atoms with van der Waals surface area (Å²) in [7, 11) is 0. The van der Waals surface area contributed by atoms with Crippen LogP contribution in [0.5, 0.6) is 0 Å². The summed E-state index contributed by atoms with van der Waals surface area (Å²) in [4.78, 5) is 9.06. The third kappa shape index (κ3) is 3.55. The number of rotatable bonds is 6. The molecule has 2 rings (SSSR count). The first kappa shape index (κ1) is 14.9. The standard InChI is InChI=1S/C14H20ClN5/c1-4-5-16-7-12-13(20-9-11(15)6-18-20)8-17-14(19-12)10(2)3/h6,8-10,16H,4-5,7H2,1-3H3. The Balaban J connectivity index is 2.33. The second kappa shape index (κ2) is 6.81. The SMILES string of the molecule is CCCNCc1nc(C(C)C)ncc1-n1cc(Cl)cn1. The zero-order valence-electron chi connectivity index (χ0n) is 12.1. The van der Waals surface area contributed by atoms with Gasteiger partial charge in [-0.3, -0.25) is 0 Å². The van der Waals surface area contributed by atoms with E-state index in [1.54, 1.807) is 17.1 Å². The van der Waals surface area contributed by atoms with Gasteiger partial charge in [-0.1, -0.05) is 32.4 Å². The number of hydrogen-bond acceptors (Lipinski definition) is 4. The molecule has 0 unspecified atom stereocenters. The van der Waals surface area contributed by atoms with Gasteiger partial charge < -0.3 is 5.32 Å². The highest BCUT2D eigenvalue weighted by Crippen LogP contribution is 2.17. The van der Waals surface area contributed by atoms with E-state index in [9.17, 15) is 0 Å². The van der Waals surface area contributed by atoms with Crippen molar-refractivity contribution in [2.45, 2.75) is 39.7 Å². The van der Waals surface area contributed by atoms with Gasteiger partial charge in [0.25, 0.3) is 0 Å². The summed E-state index contributed by atoms with van der Waals surface area (Å²) in [5.74, 6) is 1.15. The highest BCUT2D eigenvalue weighted by Gasteiger charge is 2.12. The second-order valence-electron chi connectivity index (χ2n) is 4.99. The lowest BCUT2D eigenvalue weighted by Crippen LogP contribution is -2.18. The Bertz CT molecular complexity index is 564. The molecule has 0 radical (unpaired) electrons. The average molecular weight is 294 g/mol. The van der Waals surface area contributed by atoms with Crippen LogP contribution in [-0.2, 0) is 6.54 Å². The molecule has 0 bridgehead atoms. The van der Waals surface area contributed by atoms with Crippen LogP contribution >= 0.6 is 11.6 Å². The van der Waals surface area contributed by atoms with Gasteiger partial charge in [-0.2, -0.15) is 5.10 Å². The first-order valence-electron chi connectivity index (χ1n) is 6.89. The Morgan fingerprint density at radius 3 is 2.75 bits per heavy atom. The summed E-state index contributed by atoms with van der Waals surface area (Å²) in [5, 5.41) is 8.20. The molecule has 0 saturated heterocycles. The van der Waals surface area contributed by atoms with Crippen LogP contribution in [0.1, 0.15) is 44.6 Å². The van der Waals surface area contributed by atoms with Gasteiger partial charge >= 0.3 is 0 Å². The molecule has 2 aromatic rings. The maximum absolute atomic E-state index is 5.93. The van der Waals surface area contributed by atoms with Crippen molar-refractivity contribution in [3.8, 4) is 5.69 Å². The minimum atomic E-state index is 0.301. The summed E-state index contributed by atoms with van der Waals surface area (Å²) >= 11 is 5.93. The first-order chi connectivity index (χ1) is 9.61. The van der Waals surface area contributed by atoms with Gasteiger partial charge in [-0.25, -0.2) is 14.6 Å². The van der Waals surface area contributed by atoms with Crippen molar-refractivity contribution in [3.63, 3.8) is 0 Å². The Labute approximate surface area is 124 Å². The molecule has 0 fully saturated rings. The van der Waals surface area contributed by atoms with Crippen molar-refractivity contribution in [2.75, 3.05) is 6.54 Å². The van der Waals surface area contributed by atoms with Gasteiger partial charge in [0.15, 0.2) is 0 Å². The van der Waals surface area contributed by atoms with Crippen molar-refractivity contribution in [2.24, 2.45) is 0 Å². The summed E-state index contributed by atoms with van der Waals surface area (Å²) in [6.07, 6.45) is 6.28. The Morgan fingerprint density at radius 1 is 1.35 bits per heavy atom. The van der Waals surface area contributed by atoms with Crippen molar-refractivity contribution < 1.29 is 0 Å². The molecule has 6 heteroatoms. The quantitative estimate of drug-likeness (QED) is 0.832. The summed E-state index contributed by atoms with van der Waals surface area (Å²) in [6, 6.07) is 0. The molecule has 0 spiro atoms. The number of nitrogens with zero attached hydrogens (tertiary/aromatic N) is 4. The molecular formula is C14H20ClN5. The second-order valence-corrected chi connectivity index (χ2v) is 5.43. The highest BCUT2D eigenvalue weighted by atomic mass is 35.5. The molecule has 0 aliphatic carbocycles. The third-order valence-corrected chi connectivity index (χ3v) is 3.09. The molecule has 0 atom stereocenters. The zero-order valence-corrected chi connectivity index (χ0v) is 12.9. The van der Waals surface area contributed by atoms with E-state index in [0.29, 0.717) is 17.5 Å². The lowest BCUT2D eigenvalue weighted by molar-refractivity contribution is 0.644. The lowest BCUT2D eigenvalue weighted by atomic mass is 10.2.